The molecule has 0 aromatic heterocycles. The minimum atomic E-state index is -0.473. The molecule has 0 fully saturated rings. The number of benzene rings is 1. The molecule has 0 aliphatic rings. The number of carbonyl (C=O) groups is 1. The van der Waals surface area contributed by atoms with Crippen LogP contribution in [0.1, 0.15) is 32.3 Å². The van der Waals surface area contributed by atoms with Gasteiger partial charge in [0.2, 0.25) is 5.91 Å². The van der Waals surface area contributed by atoms with Crippen LogP contribution in [0, 0.1) is 12.8 Å². The molecule has 1 amide bonds. The average Bonchev–Trinajstić information content (AvgIpc) is 2.47. The van der Waals surface area contributed by atoms with E-state index in [4.69, 9.17) is 10.5 Å². The predicted molar refractivity (Wildman–Crippen MR) is 103 cm³/mol. The van der Waals surface area contributed by atoms with Gasteiger partial charge in [0.25, 0.3) is 0 Å². The van der Waals surface area contributed by atoms with Crippen molar-refractivity contribution in [1.29, 1.82) is 0 Å². The van der Waals surface area contributed by atoms with Crippen LogP contribution < -0.4 is 15.8 Å². The van der Waals surface area contributed by atoms with Gasteiger partial charge in [0, 0.05) is 11.8 Å². The van der Waals surface area contributed by atoms with Crippen LogP contribution in [0.3, 0.4) is 0 Å². The lowest BCUT2D eigenvalue weighted by Crippen LogP contribution is -2.36. The molecule has 6 heteroatoms. The Morgan fingerprint density at radius 2 is 2.04 bits per heavy atom. The molecule has 0 aliphatic heterocycles. The van der Waals surface area contributed by atoms with E-state index in [9.17, 15) is 4.79 Å². The highest BCUT2D eigenvalue weighted by Crippen LogP contribution is 2.23. The summed E-state index contributed by atoms with van der Waals surface area (Å²) in [5, 5.41) is 2.86. The number of halogens is 1. The number of thioether (sulfide) groups is 1. The van der Waals surface area contributed by atoms with Gasteiger partial charge < -0.3 is 15.8 Å². The zero-order valence-corrected chi connectivity index (χ0v) is 16.1. The first-order chi connectivity index (χ1) is 10.4. The third kappa shape index (κ3) is 8.49. The van der Waals surface area contributed by atoms with Crippen LogP contribution in [0.25, 0.3) is 0 Å². The van der Waals surface area contributed by atoms with Crippen LogP contribution in [0.2, 0.25) is 0 Å². The molecule has 132 valence electrons. The lowest BCUT2D eigenvalue weighted by molar-refractivity contribution is -0.117. The fourth-order valence-corrected chi connectivity index (χ4v) is 2.34. The molecule has 0 saturated carbocycles. The van der Waals surface area contributed by atoms with E-state index in [0.717, 1.165) is 29.2 Å². The number of aryl methyl sites for hydroxylation is 1. The standard InChI is InChI=1S/C17H28N2O2S.ClH/c1-12(2)7-9-21-16-11-14(6-5-13(16)3)19-17(20)15(18)8-10-22-4;/h5-6,11-12,15H,7-10,18H2,1-4H3,(H,19,20);1H/t15-;/m0./s1. The van der Waals surface area contributed by atoms with Gasteiger partial charge in [0.1, 0.15) is 5.75 Å². The highest BCUT2D eigenvalue weighted by Gasteiger charge is 2.13. The fourth-order valence-electron chi connectivity index (χ4n) is 1.85. The summed E-state index contributed by atoms with van der Waals surface area (Å²) in [6.45, 7) is 7.02. The quantitative estimate of drug-likeness (QED) is 0.701. The van der Waals surface area contributed by atoms with E-state index < -0.39 is 6.04 Å². The first-order valence-corrected chi connectivity index (χ1v) is 9.12. The Balaban J connectivity index is 0.00000484. The zero-order chi connectivity index (χ0) is 16.5. The molecule has 1 aromatic carbocycles. The highest BCUT2D eigenvalue weighted by atomic mass is 35.5. The number of rotatable bonds is 9. The summed E-state index contributed by atoms with van der Waals surface area (Å²) in [7, 11) is 0. The largest absolute Gasteiger partial charge is 0.493 e. The molecule has 1 rings (SSSR count). The smallest absolute Gasteiger partial charge is 0.241 e. The van der Waals surface area contributed by atoms with Crippen LogP contribution in [-0.2, 0) is 4.79 Å². The second-order valence-corrected chi connectivity index (χ2v) is 6.87. The van der Waals surface area contributed by atoms with Crippen molar-refractivity contribution in [3.63, 3.8) is 0 Å². The van der Waals surface area contributed by atoms with Crippen molar-refractivity contribution in [3.05, 3.63) is 23.8 Å². The Kier molecular flexibility index (Phi) is 11.1. The van der Waals surface area contributed by atoms with Gasteiger partial charge in [-0.3, -0.25) is 4.79 Å². The number of nitrogens with one attached hydrogen (secondary N) is 1. The van der Waals surface area contributed by atoms with Gasteiger partial charge in [0.05, 0.1) is 12.6 Å². The van der Waals surface area contributed by atoms with Gasteiger partial charge in [-0.1, -0.05) is 19.9 Å². The molecular weight excluding hydrogens is 332 g/mol. The van der Waals surface area contributed by atoms with Crippen LogP contribution in [0.5, 0.6) is 5.75 Å². The molecule has 0 saturated heterocycles. The second-order valence-electron chi connectivity index (χ2n) is 5.89. The monoisotopic (exact) mass is 360 g/mol. The highest BCUT2D eigenvalue weighted by molar-refractivity contribution is 7.98. The van der Waals surface area contributed by atoms with Crippen LogP contribution in [0.4, 0.5) is 5.69 Å². The van der Waals surface area contributed by atoms with Gasteiger partial charge in [-0.25, -0.2) is 0 Å². The van der Waals surface area contributed by atoms with E-state index in [1.54, 1.807) is 11.8 Å². The number of ether oxygens (including phenoxy) is 1. The van der Waals surface area contributed by atoms with E-state index in [-0.39, 0.29) is 18.3 Å². The molecule has 23 heavy (non-hydrogen) atoms. The first kappa shape index (κ1) is 22.1. The Hall–Kier alpha value is -0.910. The summed E-state index contributed by atoms with van der Waals surface area (Å²) < 4.78 is 5.81. The van der Waals surface area contributed by atoms with Gasteiger partial charge in [-0.2, -0.15) is 11.8 Å². The van der Waals surface area contributed by atoms with Crippen molar-refractivity contribution in [2.75, 3.05) is 23.9 Å². The molecule has 1 aromatic rings. The van der Waals surface area contributed by atoms with Crippen LogP contribution in [0.15, 0.2) is 18.2 Å². The second kappa shape index (κ2) is 11.6. The number of hydrogen-bond donors (Lipinski definition) is 2. The number of hydrogen-bond acceptors (Lipinski definition) is 4. The molecule has 1 atom stereocenters. The summed E-state index contributed by atoms with van der Waals surface area (Å²) in [6, 6.07) is 5.23. The van der Waals surface area contributed by atoms with Crippen molar-refractivity contribution in [1.82, 2.24) is 0 Å². The van der Waals surface area contributed by atoms with E-state index in [1.165, 1.54) is 0 Å². The van der Waals surface area contributed by atoms with Crippen LogP contribution >= 0.6 is 24.2 Å². The molecule has 0 radical (unpaired) electrons. The van der Waals surface area contributed by atoms with Gasteiger partial charge in [-0.05, 0) is 49.3 Å². The average molecular weight is 361 g/mol. The lowest BCUT2D eigenvalue weighted by Gasteiger charge is -2.14. The molecule has 0 heterocycles. The van der Waals surface area contributed by atoms with Gasteiger partial charge in [-0.15, -0.1) is 12.4 Å². The zero-order valence-electron chi connectivity index (χ0n) is 14.4. The van der Waals surface area contributed by atoms with E-state index >= 15 is 0 Å². The molecule has 0 spiro atoms. The van der Waals surface area contributed by atoms with Crippen LogP contribution in [-0.4, -0.2) is 30.6 Å². The van der Waals surface area contributed by atoms with E-state index in [2.05, 4.69) is 19.2 Å². The van der Waals surface area contributed by atoms with Crippen molar-refractivity contribution in [3.8, 4) is 5.75 Å². The maximum Gasteiger partial charge on any atom is 0.241 e. The SMILES string of the molecule is CSCC[C@H](N)C(=O)Nc1ccc(C)c(OCCC(C)C)c1.Cl. The summed E-state index contributed by atoms with van der Waals surface area (Å²) in [5.41, 5.74) is 7.67. The number of nitrogens with two attached hydrogens (primary N) is 1. The molecule has 0 aliphatic carbocycles. The summed E-state index contributed by atoms with van der Waals surface area (Å²) in [6.07, 6.45) is 3.69. The normalized spacial score (nSPS) is 11.7. The summed E-state index contributed by atoms with van der Waals surface area (Å²) >= 11 is 1.69. The predicted octanol–water partition coefficient (Wildman–Crippen LogP) is 3.86. The minimum absolute atomic E-state index is 0. The third-order valence-corrected chi connectivity index (χ3v) is 4.02. The topological polar surface area (TPSA) is 64.4 Å². The Morgan fingerprint density at radius 3 is 2.65 bits per heavy atom. The number of amides is 1. The van der Waals surface area contributed by atoms with Gasteiger partial charge in [0.15, 0.2) is 0 Å². The van der Waals surface area contributed by atoms with Crippen molar-refractivity contribution in [2.45, 2.75) is 39.7 Å². The van der Waals surface area contributed by atoms with Crippen molar-refractivity contribution >= 4 is 35.8 Å². The molecule has 3 N–H and O–H groups in total. The maximum absolute atomic E-state index is 12.0. The maximum atomic E-state index is 12.0. The molecule has 4 nitrogen and oxygen atoms in total. The van der Waals surface area contributed by atoms with E-state index in [0.29, 0.717) is 18.9 Å². The third-order valence-electron chi connectivity index (χ3n) is 3.38. The molecular formula is C17H29ClN2O2S. The Morgan fingerprint density at radius 1 is 1.35 bits per heavy atom. The summed E-state index contributed by atoms with van der Waals surface area (Å²) in [5.74, 6) is 2.16. The van der Waals surface area contributed by atoms with Crippen molar-refractivity contribution in [2.24, 2.45) is 11.7 Å². The number of carbonyl (C=O) groups excluding carboxylic acids is 1. The van der Waals surface area contributed by atoms with E-state index in [1.807, 2.05) is 31.4 Å². The molecule has 0 unspecified atom stereocenters. The number of anilines is 1. The Bertz CT molecular complexity index is 484. The Labute approximate surface area is 150 Å². The van der Waals surface area contributed by atoms with Crippen molar-refractivity contribution < 1.29 is 9.53 Å². The first-order valence-electron chi connectivity index (χ1n) is 7.73. The van der Waals surface area contributed by atoms with Gasteiger partial charge >= 0.3 is 0 Å². The lowest BCUT2D eigenvalue weighted by atomic mass is 10.1. The minimum Gasteiger partial charge on any atom is -0.493 e. The fraction of sp³-hybridized carbons (Fsp3) is 0.588. The summed E-state index contributed by atoms with van der Waals surface area (Å²) in [4.78, 5) is 12.0. The molecule has 0 bridgehead atoms.